The maximum atomic E-state index is 12.0. The third kappa shape index (κ3) is 4.40. The molecule has 8 nitrogen and oxygen atoms in total. The Labute approximate surface area is 131 Å². The van der Waals surface area contributed by atoms with E-state index in [1.807, 2.05) is 0 Å². The first-order valence-corrected chi connectivity index (χ1v) is 6.53. The second-order valence-corrected chi connectivity index (χ2v) is 5.24. The molecule has 1 atom stereocenters. The summed E-state index contributed by atoms with van der Waals surface area (Å²) >= 11 is 5.89. The third-order valence-corrected chi connectivity index (χ3v) is 3.27. The number of carboxylic acids is 1. The third-order valence-electron chi connectivity index (χ3n) is 2.92. The molecule has 0 spiro atoms. The Balaban J connectivity index is 2.85. The Hall–Kier alpha value is -2.19. The summed E-state index contributed by atoms with van der Waals surface area (Å²) in [6.07, 6.45) is -0.205. The number of non-ortho nitro benzene ring substituents is 1. The Morgan fingerprint density at radius 1 is 1.50 bits per heavy atom. The van der Waals surface area contributed by atoms with Gasteiger partial charge in [-0.05, 0) is 12.5 Å². The molecule has 0 aliphatic carbocycles. The Bertz CT molecular complexity index is 606. The molecule has 1 amide bonds. The van der Waals surface area contributed by atoms with Gasteiger partial charge in [-0.1, -0.05) is 17.7 Å². The minimum Gasteiger partial charge on any atom is -0.479 e. The number of nitro groups is 1. The van der Waals surface area contributed by atoms with Gasteiger partial charge in [-0.25, -0.2) is 4.79 Å². The van der Waals surface area contributed by atoms with Gasteiger partial charge >= 0.3 is 5.97 Å². The number of nitro benzene ring substituents is 1. The van der Waals surface area contributed by atoms with E-state index >= 15 is 0 Å². The van der Waals surface area contributed by atoms with E-state index < -0.39 is 22.3 Å². The quantitative estimate of drug-likeness (QED) is 0.576. The van der Waals surface area contributed by atoms with Gasteiger partial charge < -0.3 is 15.2 Å². The first kappa shape index (κ1) is 17.9. The number of nitrogens with one attached hydrogen (secondary N) is 1. The molecule has 1 unspecified atom stereocenters. The number of carbonyl (C=O) groups excluding carboxylic acids is 1. The fourth-order valence-electron chi connectivity index (χ4n) is 1.76. The van der Waals surface area contributed by atoms with Crippen molar-refractivity contribution in [3.63, 3.8) is 0 Å². The number of ether oxygens (including phenoxy) is 1. The van der Waals surface area contributed by atoms with Crippen molar-refractivity contribution in [3.05, 3.63) is 38.9 Å². The highest BCUT2D eigenvalue weighted by Gasteiger charge is 2.35. The van der Waals surface area contributed by atoms with Crippen molar-refractivity contribution in [2.45, 2.75) is 18.9 Å². The number of hydrogen-bond donors (Lipinski definition) is 2. The van der Waals surface area contributed by atoms with Crippen LogP contribution in [-0.2, 0) is 20.7 Å². The van der Waals surface area contributed by atoms with Crippen molar-refractivity contribution in [1.82, 2.24) is 5.32 Å². The molecular weight excluding hydrogens is 316 g/mol. The van der Waals surface area contributed by atoms with Gasteiger partial charge in [0, 0.05) is 19.2 Å². The first-order chi connectivity index (χ1) is 10.2. The number of benzene rings is 1. The summed E-state index contributed by atoms with van der Waals surface area (Å²) in [5.41, 5.74) is -1.40. The molecule has 0 fully saturated rings. The fraction of sp³-hybridized carbons (Fsp3) is 0.385. The van der Waals surface area contributed by atoms with Crippen LogP contribution in [0, 0.1) is 10.1 Å². The van der Waals surface area contributed by atoms with Gasteiger partial charge in [-0.15, -0.1) is 0 Å². The number of aliphatic carboxylic acids is 1. The van der Waals surface area contributed by atoms with Crippen molar-refractivity contribution in [1.29, 1.82) is 0 Å². The van der Waals surface area contributed by atoms with Crippen molar-refractivity contribution in [3.8, 4) is 0 Å². The lowest BCUT2D eigenvalue weighted by Crippen LogP contribution is -2.55. The van der Waals surface area contributed by atoms with Crippen molar-refractivity contribution in [2.75, 3.05) is 13.7 Å². The van der Waals surface area contributed by atoms with Gasteiger partial charge in [-0.2, -0.15) is 0 Å². The molecule has 0 aromatic heterocycles. The van der Waals surface area contributed by atoms with E-state index in [1.165, 1.54) is 26.2 Å². The molecule has 1 aromatic rings. The van der Waals surface area contributed by atoms with Gasteiger partial charge in [0.1, 0.15) is 0 Å². The number of hydrogen-bond acceptors (Lipinski definition) is 5. The average Bonchev–Trinajstić information content (AvgIpc) is 2.40. The number of halogens is 1. The average molecular weight is 331 g/mol. The summed E-state index contributed by atoms with van der Waals surface area (Å²) in [6.45, 7) is 1.11. The van der Waals surface area contributed by atoms with Crippen LogP contribution in [0.15, 0.2) is 18.2 Å². The number of methoxy groups -OCH3 is 1. The van der Waals surface area contributed by atoms with Crippen LogP contribution in [-0.4, -0.2) is 41.2 Å². The lowest BCUT2D eigenvalue weighted by atomic mass is 10.0. The monoisotopic (exact) mass is 330 g/mol. The molecule has 1 rings (SSSR count). The van der Waals surface area contributed by atoms with Crippen LogP contribution >= 0.6 is 11.6 Å². The number of rotatable bonds is 7. The largest absolute Gasteiger partial charge is 0.479 e. The Morgan fingerprint density at radius 2 is 2.14 bits per heavy atom. The van der Waals surface area contributed by atoms with Crippen LogP contribution in [0.2, 0.25) is 5.02 Å². The normalized spacial score (nSPS) is 13.2. The standard InChI is InChI=1S/C13H15ClN2O6/c1-13(7-22-2,12(18)19)15-11(17)5-8-3-4-9(16(20)21)6-10(8)14/h3-4,6H,5,7H2,1-2H3,(H,15,17)(H,18,19). The summed E-state index contributed by atoms with van der Waals surface area (Å²) in [5.74, 6) is -1.82. The molecule has 120 valence electrons. The summed E-state index contributed by atoms with van der Waals surface area (Å²) in [5, 5.41) is 22.2. The zero-order valence-electron chi connectivity index (χ0n) is 12.0. The van der Waals surface area contributed by atoms with E-state index in [9.17, 15) is 19.7 Å². The van der Waals surface area contributed by atoms with Crippen LogP contribution < -0.4 is 5.32 Å². The summed E-state index contributed by atoms with van der Waals surface area (Å²) < 4.78 is 4.79. The molecule has 0 saturated heterocycles. The maximum absolute atomic E-state index is 12.0. The number of amides is 1. The molecule has 0 saturated carbocycles. The highest BCUT2D eigenvalue weighted by Crippen LogP contribution is 2.23. The highest BCUT2D eigenvalue weighted by atomic mass is 35.5. The predicted octanol–water partition coefficient (Wildman–Crippen LogP) is 1.40. The van der Waals surface area contributed by atoms with Crippen molar-refractivity contribution in [2.24, 2.45) is 0 Å². The van der Waals surface area contributed by atoms with E-state index in [0.717, 1.165) is 6.07 Å². The molecule has 22 heavy (non-hydrogen) atoms. The maximum Gasteiger partial charge on any atom is 0.331 e. The van der Waals surface area contributed by atoms with Crippen LogP contribution in [0.25, 0.3) is 0 Å². The smallest absolute Gasteiger partial charge is 0.331 e. The molecule has 9 heteroatoms. The minimum atomic E-state index is -1.57. The Kier molecular flexibility index (Phi) is 5.84. The topological polar surface area (TPSA) is 119 Å². The molecular formula is C13H15ClN2O6. The number of carboxylic acid groups (broad SMARTS) is 1. The number of nitrogens with zero attached hydrogens (tertiary/aromatic N) is 1. The second-order valence-electron chi connectivity index (χ2n) is 4.83. The van der Waals surface area contributed by atoms with Gasteiger partial charge in [0.15, 0.2) is 5.54 Å². The summed E-state index contributed by atoms with van der Waals surface area (Å²) in [6, 6.07) is 3.71. The molecule has 0 bridgehead atoms. The van der Waals surface area contributed by atoms with Crippen molar-refractivity contribution >= 4 is 29.2 Å². The lowest BCUT2D eigenvalue weighted by Gasteiger charge is -2.25. The van der Waals surface area contributed by atoms with E-state index in [1.54, 1.807) is 0 Å². The number of carbonyl (C=O) groups is 2. The first-order valence-electron chi connectivity index (χ1n) is 6.16. The van der Waals surface area contributed by atoms with E-state index in [2.05, 4.69) is 5.32 Å². The van der Waals surface area contributed by atoms with Crippen molar-refractivity contribution < 1.29 is 24.4 Å². The molecule has 1 aromatic carbocycles. The second kappa shape index (κ2) is 7.19. The molecule has 0 aliphatic rings. The van der Waals surface area contributed by atoms with Crippen LogP contribution in [0.1, 0.15) is 12.5 Å². The van der Waals surface area contributed by atoms with Crippen LogP contribution in [0.3, 0.4) is 0 Å². The van der Waals surface area contributed by atoms with Crippen LogP contribution in [0.5, 0.6) is 0 Å². The SMILES string of the molecule is COCC(C)(NC(=O)Cc1ccc([N+](=O)[O-])cc1Cl)C(=O)O. The van der Waals surface area contributed by atoms with Gasteiger partial charge in [0.05, 0.1) is 23.0 Å². The zero-order valence-corrected chi connectivity index (χ0v) is 12.7. The molecule has 0 radical (unpaired) electrons. The van der Waals surface area contributed by atoms with Gasteiger partial charge in [-0.3, -0.25) is 14.9 Å². The van der Waals surface area contributed by atoms with Gasteiger partial charge in [0.2, 0.25) is 5.91 Å². The molecule has 0 aliphatic heterocycles. The molecule has 2 N–H and O–H groups in total. The lowest BCUT2D eigenvalue weighted by molar-refractivity contribution is -0.384. The minimum absolute atomic E-state index is 0.0631. The van der Waals surface area contributed by atoms with E-state index in [0.29, 0.717) is 5.56 Å². The van der Waals surface area contributed by atoms with Gasteiger partial charge in [0.25, 0.3) is 5.69 Å². The Morgan fingerprint density at radius 3 is 2.59 bits per heavy atom. The van der Waals surface area contributed by atoms with E-state index in [-0.39, 0.29) is 23.7 Å². The van der Waals surface area contributed by atoms with Crippen LogP contribution in [0.4, 0.5) is 5.69 Å². The van der Waals surface area contributed by atoms with E-state index in [4.69, 9.17) is 21.4 Å². The highest BCUT2D eigenvalue weighted by molar-refractivity contribution is 6.31. The predicted molar refractivity (Wildman–Crippen MR) is 77.9 cm³/mol. The molecule has 0 heterocycles. The summed E-state index contributed by atoms with van der Waals surface area (Å²) in [7, 11) is 1.32. The fourth-order valence-corrected chi connectivity index (χ4v) is 2.00. The summed E-state index contributed by atoms with van der Waals surface area (Å²) in [4.78, 5) is 33.2. The zero-order chi connectivity index (χ0) is 16.9.